The molecule has 0 spiro atoms. The van der Waals surface area contributed by atoms with E-state index in [0.717, 1.165) is 17.8 Å². The van der Waals surface area contributed by atoms with Crippen LogP contribution in [0.5, 0.6) is 0 Å². The van der Waals surface area contributed by atoms with Crippen molar-refractivity contribution in [2.24, 2.45) is 17.8 Å². The van der Waals surface area contributed by atoms with E-state index in [2.05, 4.69) is 24.2 Å². The average molecular weight is 238 g/mol. The van der Waals surface area contributed by atoms with Gasteiger partial charge in [-0.05, 0) is 63.6 Å². The van der Waals surface area contributed by atoms with Gasteiger partial charge in [-0.3, -0.25) is 0 Å². The summed E-state index contributed by atoms with van der Waals surface area (Å²) in [5.74, 6) is 2.87. The molecule has 1 N–H and O–H groups in total. The summed E-state index contributed by atoms with van der Waals surface area (Å²) in [5.41, 5.74) is 0. The van der Waals surface area contributed by atoms with E-state index in [9.17, 15) is 0 Å². The van der Waals surface area contributed by atoms with Crippen LogP contribution in [0.25, 0.3) is 0 Å². The highest BCUT2D eigenvalue weighted by Gasteiger charge is 2.24. The summed E-state index contributed by atoms with van der Waals surface area (Å²) in [6, 6.07) is 0. The Kier molecular flexibility index (Phi) is 5.30. The van der Waals surface area contributed by atoms with Gasteiger partial charge in [-0.25, -0.2) is 0 Å². The summed E-state index contributed by atoms with van der Waals surface area (Å²) in [4.78, 5) is 2.74. The number of nitrogens with zero attached hydrogens (tertiary/aromatic N) is 1. The lowest BCUT2D eigenvalue weighted by Gasteiger charge is -2.37. The third kappa shape index (κ3) is 4.26. The molecule has 100 valence electrons. The normalized spacial score (nSPS) is 36.0. The molecule has 1 saturated carbocycles. The molecule has 1 aliphatic carbocycles. The summed E-state index contributed by atoms with van der Waals surface area (Å²) >= 11 is 0. The van der Waals surface area contributed by atoms with E-state index in [4.69, 9.17) is 0 Å². The van der Waals surface area contributed by atoms with E-state index < -0.39 is 0 Å². The van der Waals surface area contributed by atoms with Gasteiger partial charge in [-0.2, -0.15) is 0 Å². The largest absolute Gasteiger partial charge is 0.319 e. The van der Waals surface area contributed by atoms with Gasteiger partial charge < -0.3 is 10.2 Å². The zero-order chi connectivity index (χ0) is 12.1. The fourth-order valence-corrected chi connectivity index (χ4v) is 3.86. The standard InChI is InChI=1S/C15H30N2/c1-13-5-3-6-14(9-13)11-17-8-4-7-15(12-17)10-16-2/h13-16H,3-12H2,1-2H3. The molecular weight excluding hydrogens is 208 g/mol. The van der Waals surface area contributed by atoms with Crippen LogP contribution in [0, 0.1) is 17.8 Å². The molecule has 1 heterocycles. The van der Waals surface area contributed by atoms with Crippen molar-refractivity contribution in [3.8, 4) is 0 Å². The first-order valence-electron chi connectivity index (χ1n) is 7.65. The highest BCUT2D eigenvalue weighted by atomic mass is 15.1. The highest BCUT2D eigenvalue weighted by molar-refractivity contribution is 4.78. The van der Waals surface area contributed by atoms with Crippen LogP contribution in [0.3, 0.4) is 0 Å². The Morgan fingerprint density at radius 2 is 1.94 bits per heavy atom. The van der Waals surface area contributed by atoms with Gasteiger partial charge in [0.25, 0.3) is 0 Å². The van der Waals surface area contributed by atoms with E-state index in [1.165, 1.54) is 64.7 Å². The van der Waals surface area contributed by atoms with Crippen LogP contribution >= 0.6 is 0 Å². The third-order valence-electron chi connectivity index (χ3n) is 4.66. The molecule has 2 fully saturated rings. The molecule has 17 heavy (non-hydrogen) atoms. The minimum absolute atomic E-state index is 0.898. The topological polar surface area (TPSA) is 15.3 Å². The summed E-state index contributed by atoms with van der Waals surface area (Å²) < 4.78 is 0. The van der Waals surface area contributed by atoms with E-state index in [0.29, 0.717) is 0 Å². The molecule has 0 aromatic carbocycles. The fourth-order valence-electron chi connectivity index (χ4n) is 3.86. The van der Waals surface area contributed by atoms with E-state index in [-0.39, 0.29) is 0 Å². The summed E-state index contributed by atoms with van der Waals surface area (Å²) in [6.45, 7) is 7.71. The zero-order valence-electron chi connectivity index (χ0n) is 11.8. The molecule has 1 saturated heterocycles. The van der Waals surface area contributed by atoms with Gasteiger partial charge in [0.05, 0.1) is 0 Å². The van der Waals surface area contributed by atoms with Crippen molar-refractivity contribution in [3.63, 3.8) is 0 Å². The zero-order valence-corrected chi connectivity index (χ0v) is 11.8. The summed E-state index contributed by atoms with van der Waals surface area (Å²) in [5, 5.41) is 3.34. The van der Waals surface area contributed by atoms with Crippen LogP contribution in [0.15, 0.2) is 0 Å². The van der Waals surface area contributed by atoms with Gasteiger partial charge >= 0.3 is 0 Å². The van der Waals surface area contributed by atoms with Crippen LogP contribution in [0.1, 0.15) is 45.4 Å². The Labute approximate surface area is 107 Å². The molecule has 0 radical (unpaired) electrons. The number of hydrogen-bond donors (Lipinski definition) is 1. The van der Waals surface area contributed by atoms with E-state index >= 15 is 0 Å². The van der Waals surface area contributed by atoms with Crippen molar-refractivity contribution in [2.45, 2.75) is 45.4 Å². The summed E-state index contributed by atoms with van der Waals surface area (Å²) in [7, 11) is 2.09. The molecule has 2 heteroatoms. The molecule has 0 bridgehead atoms. The second-order valence-electron chi connectivity index (χ2n) is 6.46. The quantitative estimate of drug-likeness (QED) is 0.810. The van der Waals surface area contributed by atoms with Crippen LogP contribution in [0.4, 0.5) is 0 Å². The van der Waals surface area contributed by atoms with Crippen LogP contribution in [0.2, 0.25) is 0 Å². The maximum absolute atomic E-state index is 3.34. The van der Waals surface area contributed by atoms with E-state index in [1.807, 2.05) is 0 Å². The molecule has 0 aromatic heterocycles. The minimum atomic E-state index is 0.898. The Bertz CT molecular complexity index is 215. The van der Waals surface area contributed by atoms with Gasteiger partial charge in [0.2, 0.25) is 0 Å². The van der Waals surface area contributed by atoms with Crippen molar-refractivity contribution < 1.29 is 0 Å². The SMILES string of the molecule is CNCC1CCCN(CC2CCCC(C)C2)C1. The van der Waals surface area contributed by atoms with Crippen LogP contribution < -0.4 is 5.32 Å². The van der Waals surface area contributed by atoms with Gasteiger partial charge in [-0.15, -0.1) is 0 Å². The van der Waals surface area contributed by atoms with Crippen molar-refractivity contribution in [2.75, 3.05) is 33.2 Å². The van der Waals surface area contributed by atoms with Gasteiger partial charge in [0, 0.05) is 13.1 Å². The number of rotatable bonds is 4. The molecule has 0 amide bonds. The molecule has 3 unspecified atom stereocenters. The number of nitrogens with one attached hydrogen (secondary N) is 1. The molecule has 2 aliphatic rings. The second-order valence-corrected chi connectivity index (χ2v) is 6.46. The highest BCUT2D eigenvalue weighted by Crippen LogP contribution is 2.30. The maximum atomic E-state index is 3.34. The number of piperidine rings is 1. The minimum Gasteiger partial charge on any atom is -0.319 e. The predicted molar refractivity (Wildman–Crippen MR) is 74.2 cm³/mol. The lowest BCUT2D eigenvalue weighted by atomic mass is 9.82. The predicted octanol–water partition coefficient (Wildman–Crippen LogP) is 2.74. The summed E-state index contributed by atoms with van der Waals surface area (Å²) in [6.07, 6.45) is 8.75. The second kappa shape index (κ2) is 6.75. The van der Waals surface area contributed by atoms with Crippen molar-refractivity contribution in [1.29, 1.82) is 0 Å². The first kappa shape index (κ1) is 13.4. The molecular formula is C15H30N2. The van der Waals surface area contributed by atoms with Crippen molar-refractivity contribution in [1.82, 2.24) is 10.2 Å². The first-order valence-corrected chi connectivity index (χ1v) is 7.65. The lowest BCUT2D eigenvalue weighted by molar-refractivity contribution is 0.128. The number of likely N-dealkylation sites (tertiary alicyclic amines) is 1. The van der Waals surface area contributed by atoms with Crippen molar-refractivity contribution in [3.05, 3.63) is 0 Å². The Balaban J connectivity index is 1.74. The number of hydrogen-bond acceptors (Lipinski definition) is 2. The van der Waals surface area contributed by atoms with Crippen LogP contribution in [-0.4, -0.2) is 38.1 Å². The average Bonchev–Trinajstić information content (AvgIpc) is 2.30. The molecule has 2 rings (SSSR count). The van der Waals surface area contributed by atoms with E-state index in [1.54, 1.807) is 0 Å². The smallest absolute Gasteiger partial charge is 0.00219 e. The fraction of sp³-hybridized carbons (Fsp3) is 1.00. The lowest BCUT2D eigenvalue weighted by Crippen LogP contribution is -2.41. The molecule has 1 aliphatic heterocycles. The Hall–Kier alpha value is -0.0800. The monoisotopic (exact) mass is 238 g/mol. The first-order chi connectivity index (χ1) is 8.28. The Morgan fingerprint density at radius 1 is 1.12 bits per heavy atom. The van der Waals surface area contributed by atoms with Crippen molar-refractivity contribution >= 4 is 0 Å². The Morgan fingerprint density at radius 3 is 2.71 bits per heavy atom. The van der Waals surface area contributed by atoms with Gasteiger partial charge in [-0.1, -0.05) is 19.8 Å². The van der Waals surface area contributed by atoms with Crippen LogP contribution in [-0.2, 0) is 0 Å². The third-order valence-corrected chi connectivity index (χ3v) is 4.66. The molecule has 0 aromatic rings. The van der Waals surface area contributed by atoms with Gasteiger partial charge in [0.15, 0.2) is 0 Å². The molecule has 3 atom stereocenters. The maximum Gasteiger partial charge on any atom is 0.00219 e. The van der Waals surface area contributed by atoms with Gasteiger partial charge in [0.1, 0.15) is 0 Å². The molecule has 2 nitrogen and oxygen atoms in total.